The van der Waals surface area contributed by atoms with E-state index in [0.29, 0.717) is 22.1 Å². The summed E-state index contributed by atoms with van der Waals surface area (Å²) in [6.07, 6.45) is 0. The molecular formula is C14H12ClNO3. The zero-order valence-electron chi connectivity index (χ0n) is 9.92. The summed E-state index contributed by atoms with van der Waals surface area (Å²) in [6.45, 7) is 0. The van der Waals surface area contributed by atoms with E-state index in [1.165, 1.54) is 0 Å². The van der Waals surface area contributed by atoms with Gasteiger partial charge in [-0.15, -0.1) is 0 Å². The van der Waals surface area contributed by atoms with Crippen molar-refractivity contribution in [2.45, 2.75) is 6.04 Å². The molecule has 3 N–H and O–H groups in total. The highest BCUT2D eigenvalue weighted by Gasteiger charge is 2.13. The molecule has 1 atom stereocenters. The van der Waals surface area contributed by atoms with Crippen molar-refractivity contribution < 1.29 is 14.6 Å². The van der Waals surface area contributed by atoms with Gasteiger partial charge in [0.05, 0.1) is 0 Å². The molecule has 0 amide bonds. The van der Waals surface area contributed by atoms with Gasteiger partial charge in [-0.3, -0.25) is 4.79 Å². The third-order valence-corrected chi connectivity index (χ3v) is 2.77. The van der Waals surface area contributed by atoms with Gasteiger partial charge in [-0.25, -0.2) is 0 Å². The average molecular weight is 278 g/mol. The maximum absolute atomic E-state index is 10.7. The lowest BCUT2D eigenvalue weighted by molar-refractivity contribution is -0.138. The summed E-state index contributed by atoms with van der Waals surface area (Å²) in [4.78, 5) is 10.7. The van der Waals surface area contributed by atoms with E-state index in [4.69, 9.17) is 27.2 Å². The molecule has 4 nitrogen and oxygen atoms in total. The first-order chi connectivity index (χ1) is 9.06. The Morgan fingerprint density at radius 2 is 1.84 bits per heavy atom. The Labute approximate surface area is 115 Å². The molecule has 0 bridgehead atoms. The summed E-state index contributed by atoms with van der Waals surface area (Å²) >= 11 is 5.85. The third-order valence-electron chi connectivity index (χ3n) is 2.54. The normalized spacial score (nSPS) is 11.9. The van der Waals surface area contributed by atoms with Gasteiger partial charge in [0.15, 0.2) is 0 Å². The second kappa shape index (κ2) is 5.73. The van der Waals surface area contributed by atoms with Gasteiger partial charge in [0, 0.05) is 5.02 Å². The van der Waals surface area contributed by atoms with Gasteiger partial charge in [-0.05, 0) is 35.9 Å². The van der Waals surface area contributed by atoms with Crippen LogP contribution in [0.3, 0.4) is 0 Å². The number of nitrogens with two attached hydrogens (primary N) is 1. The van der Waals surface area contributed by atoms with Gasteiger partial charge in [0.2, 0.25) is 0 Å². The van der Waals surface area contributed by atoms with Gasteiger partial charge >= 0.3 is 5.97 Å². The molecule has 0 aromatic heterocycles. The smallest absolute Gasteiger partial charge is 0.325 e. The minimum absolute atomic E-state index is 0.519. The maximum atomic E-state index is 10.7. The van der Waals surface area contributed by atoms with Crippen molar-refractivity contribution in [2.75, 3.05) is 0 Å². The molecule has 0 spiro atoms. The second-order valence-corrected chi connectivity index (χ2v) is 4.38. The highest BCUT2D eigenvalue weighted by atomic mass is 35.5. The Bertz CT molecular complexity index is 583. The first kappa shape index (κ1) is 13.4. The predicted octanol–water partition coefficient (Wildman–Crippen LogP) is 3.22. The van der Waals surface area contributed by atoms with E-state index in [1.807, 2.05) is 0 Å². The molecule has 0 unspecified atom stereocenters. The van der Waals surface area contributed by atoms with E-state index >= 15 is 0 Å². The zero-order chi connectivity index (χ0) is 13.8. The highest BCUT2D eigenvalue weighted by Crippen LogP contribution is 2.25. The first-order valence-corrected chi connectivity index (χ1v) is 5.96. The van der Waals surface area contributed by atoms with Gasteiger partial charge < -0.3 is 15.6 Å². The van der Waals surface area contributed by atoms with Crippen molar-refractivity contribution in [1.29, 1.82) is 0 Å². The third kappa shape index (κ3) is 3.47. The van der Waals surface area contributed by atoms with Crippen molar-refractivity contribution >= 4 is 17.6 Å². The minimum Gasteiger partial charge on any atom is -0.480 e. The molecule has 0 aliphatic rings. The van der Waals surface area contributed by atoms with Gasteiger partial charge in [0.25, 0.3) is 0 Å². The van der Waals surface area contributed by atoms with E-state index in [-0.39, 0.29) is 0 Å². The molecule has 0 saturated heterocycles. The Balaban J connectivity index is 2.13. The van der Waals surface area contributed by atoms with Crippen molar-refractivity contribution in [3.05, 3.63) is 59.1 Å². The quantitative estimate of drug-likeness (QED) is 0.900. The topological polar surface area (TPSA) is 72.6 Å². The molecule has 2 rings (SSSR count). The Morgan fingerprint density at radius 1 is 1.16 bits per heavy atom. The molecule has 0 fully saturated rings. The molecule has 2 aromatic rings. The van der Waals surface area contributed by atoms with Crippen molar-refractivity contribution in [1.82, 2.24) is 0 Å². The van der Waals surface area contributed by atoms with Crippen LogP contribution < -0.4 is 10.5 Å². The molecule has 0 saturated carbocycles. The fraction of sp³-hybridized carbons (Fsp3) is 0.0714. The van der Waals surface area contributed by atoms with Crippen LogP contribution in [0.2, 0.25) is 5.02 Å². The number of carbonyl (C=O) groups is 1. The van der Waals surface area contributed by atoms with Crippen molar-refractivity contribution in [3.8, 4) is 11.5 Å². The number of halogens is 1. The number of hydrogen-bond acceptors (Lipinski definition) is 3. The number of hydrogen-bond donors (Lipinski definition) is 2. The molecule has 98 valence electrons. The molecule has 2 aromatic carbocycles. The summed E-state index contributed by atoms with van der Waals surface area (Å²) in [7, 11) is 0. The Kier molecular flexibility index (Phi) is 4.04. The number of aliphatic carboxylic acids is 1. The molecule has 0 heterocycles. The minimum atomic E-state index is -1.07. The van der Waals surface area contributed by atoms with Crippen LogP contribution in [-0.4, -0.2) is 11.1 Å². The summed E-state index contributed by atoms with van der Waals surface area (Å²) < 4.78 is 5.58. The number of ether oxygens (including phenoxy) is 1. The summed E-state index contributed by atoms with van der Waals surface area (Å²) in [5.41, 5.74) is 6.02. The summed E-state index contributed by atoms with van der Waals surface area (Å²) in [6, 6.07) is 12.6. The summed E-state index contributed by atoms with van der Waals surface area (Å²) in [5, 5.41) is 9.38. The van der Waals surface area contributed by atoms with E-state index < -0.39 is 12.0 Å². The van der Waals surface area contributed by atoms with Gasteiger partial charge in [-0.2, -0.15) is 0 Å². The van der Waals surface area contributed by atoms with Crippen molar-refractivity contribution in [2.24, 2.45) is 5.73 Å². The van der Waals surface area contributed by atoms with Crippen LogP contribution in [0.5, 0.6) is 11.5 Å². The molecule has 0 radical (unpaired) electrons. The molecular weight excluding hydrogens is 266 g/mol. The predicted molar refractivity (Wildman–Crippen MR) is 72.5 cm³/mol. The van der Waals surface area contributed by atoms with E-state index in [9.17, 15) is 4.79 Å². The fourth-order valence-corrected chi connectivity index (χ4v) is 1.73. The standard InChI is InChI=1S/C14H12ClNO3/c15-10-2-1-3-12(8-10)19-11-6-4-9(5-7-11)13(16)14(17)18/h1-8,13H,16H2,(H,17,18)/t13-/m0/s1. The fourth-order valence-electron chi connectivity index (χ4n) is 1.55. The number of benzene rings is 2. The van der Waals surface area contributed by atoms with E-state index in [1.54, 1.807) is 48.5 Å². The first-order valence-electron chi connectivity index (χ1n) is 5.58. The highest BCUT2D eigenvalue weighted by molar-refractivity contribution is 6.30. The molecule has 0 aliphatic heterocycles. The van der Waals surface area contributed by atoms with Crippen LogP contribution in [-0.2, 0) is 4.79 Å². The number of carboxylic acid groups (broad SMARTS) is 1. The SMILES string of the molecule is N[C@H](C(=O)O)c1ccc(Oc2cccc(Cl)c2)cc1. The summed E-state index contributed by atoms with van der Waals surface area (Å²) in [5.74, 6) is 0.134. The molecule has 19 heavy (non-hydrogen) atoms. The van der Waals surface area contributed by atoms with Crippen LogP contribution in [0.4, 0.5) is 0 Å². The van der Waals surface area contributed by atoms with Gasteiger partial charge in [-0.1, -0.05) is 29.8 Å². The maximum Gasteiger partial charge on any atom is 0.325 e. The number of carboxylic acids is 1. The molecule has 5 heteroatoms. The number of rotatable bonds is 4. The molecule has 0 aliphatic carbocycles. The lowest BCUT2D eigenvalue weighted by atomic mass is 10.1. The largest absolute Gasteiger partial charge is 0.480 e. The lowest BCUT2D eigenvalue weighted by Gasteiger charge is -2.09. The van der Waals surface area contributed by atoms with Gasteiger partial charge in [0.1, 0.15) is 17.5 Å². The van der Waals surface area contributed by atoms with Crippen LogP contribution in [0.25, 0.3) is 0 Å². The Hall–Kier alpha value is -2.04. The van der Waals surface area contributed by atoms with Crippen LogP contribution in [0.15, 0.2) is 48.5 Å². The van der Waals surface area contributed by atoms with E-state index in [2.05, 4.69) is 0 Å². The average Bonchev–Trinajstić information content (AvgIpc) is 2.39. The van der Waals surface area contributed by atoms with Crippen LogP contribution in [0.1, 0.15) is 11.6 Å². The Morgan fingerprint density at radius 3 is 2.42 bits per heavy atom. The van der Waals surface area contributed by atoms with Crippen LogP contribution in [0, 0.1) is 0 Å². The van der Waals surface area contributed by atoms with E-state index in [0.717, 1.165) is 0 Å². The zero-order valence-corrected chi connectivity index (χ0v) is 10.7. The second-order valence-electron chi connectivity index (χ2n) is 3.94. The van der Waals surface area contributed by atoms with Crippen LogP contribution >= 0.6 is 11.6 Å². The lowest BCUT2D eigenvalue weighted by Crippen LogP contribution is -2.20. The van der Waals surface area contributed by atoms with Crippen molar-refractivity contribution in [3.63, 3.8) is 0 Å². The monoisotopic (exact) mass is 277 g/mol.